The molecular weight excluding hydrogens is 204 g/mol. The molecule has 4 nitrogen and oxygen atoms in total. The summed E-state index contributed by atoms with van der Waals surface area (Å²) in [6, 6.07) is 0.0383. The summed E-state index contributed by atoms with van der Waals surface area (Å²) in [4.78, 5) is 11.6. The molecule has 0 aliphatic carbocycles. The van der Waals surface area contributed by atoms with Gasteiger partial charge in [-0.2, -0.15) is 0 Å². The highest BCUT2D eigenvalue weighted by Gasteiger charge is 2.17. The molecule has 2 atom stereocenters. The van der Waals surface area contributed by atoms with Crippen LogP contribution in [0.15, 0.2) is 0 Å². The van der Waals surface area contributed by atoms with Gasteiger partial charge < -0.3 is 15.8 Å². The first-order valence-corrected chi connectivity index (χ1v) is 6.13. The molecule has 0 aliphatic heterocycles. The fourth-order valence-corrected chi connectivity index (χ4v) is 1.29. The summed E-state index contributed by atoms with van der Waals surface area (Å²) < 4.78 is 5.34. The summed E-state index contributed by atoms with van der Waals surface area (Å²) in [6.07, 6.45) is 1.22. The van der Waals surface area contributed by atoms with Gasteiger partial charge in [0, 0.05) is 19.1 Å². The van der Waals surface area contributed by atoms with Gasteiger partial charge in [0.25, 0.3) is 0 Å². The summed E-state index contributed by atoms with van der Waals surface area (Å²) >= 11 is 0. The van der Waals surface area contributed by atoms with Crippen LogP contribution in [0.5, 0.6) is 0 Å². The van der Waals surface area contributed by atoms with Crippen LogP contribution in [0.4, 0.5) is 0 Å². The third-order valence-corrected chi connectivity index (χ3v) is 2.62. The topological polar surface area (TPSA) is 64.3 Å². The predicted octanol–water partition coefficient (Wildman–Crippen LogP) is 1.29. The van der Waals surface area contributed by atoms with Gasteiger partial charge in [0.05, 0.1) is 12.6 Å². The lowest BCUT2D eigenvalue weighted by Crippen LogP contribution is -2.43. The highest BCUT2D eigenvalue weighted by atomic mass is 16.5. The maximum absolute atomic E-state index is 11.6. The molecule has 2 unspecified atom stereocenters. The molecule has 0 radical (unpaired) electrons. The first kappa shape index (κ1) is 15.4. The number of hydrogen-bond donors (Lipinski definition) is 2. The molecule has 0 heterocycles. The van der Waals surface area contributed by atoms with Gasteiger partial charge in [-0.15, -0.1) is 0 Å². The van der Waals surface area contributed by atoms with Crippen molar-refractivity contribution >= 4 is 5.91 Å². The second-order valence-corrected chi connectivity index (χ2v) is 4.45. The molecule has 1 amide bonds. The average molecular weight is 230 g/mol. The van der Waals surface area contributed by atoms with Crippen molar-refractivity contribution in [2.24, 2.45) is 11.7 Å². The second-order valence-electron chi connectivity index (χ2n) is 4.45. The Kier molecular flexibility index (Phi) is 8.21. The van der Waals surface area contributed by atoms with Crippen LogP contribution in [0, 0.1) is 5.92 Å². The number of nitrogens with two attached hydrogens (primary N) is 1. The van der Waals surface area contributed by atoms with Gasteiger partial charge >= 0.3 is 0 Å². The lowest BCUT2D eigenvalue weighted by atomic mass is 10.0. The summed E-state index contributed by atoms with van der Waals surface area (Å²) in [5, 5.41) is 2.97. The standard InChI is InChI=1S/C12H26N2O2/c1-5-10(13)7-12(15)14-11(9(3)4)8-16-6-2/h9-11H,5-8,13H2,1-4H3,(H,14,15). The Bertz CT molecular complexity index is 195. The molecule has 0 fully saturated rings. The van der Waals surface area contributed by atoms with Gasteiger partial charge in [0.2, 0.25) is 5.91 Å². The van der Waals surface area contributed by atoms with Gasteiger partial charge in [-0.25, -0.2) is 0 Å². The van der Waals surface area contributed by atoms with E-state index >= 15 is 0 Å². The maximum Gasteiger partial charge on any atom is 0.221 e. The normalized spacial score (nSPS) is 14.9. The Morgan fingerprint density at radius 1 is 1.38 bits per heavy atom. The number of amides is 1. The van der Waals surface area contributed by atoms with E-state index in [4.69, 9.17) is 10.5 Å². The summed E-state index contributed by atoms with van der Waals surface area (Å²) in [5.41, 5.74) is 5.73. The zero-order valence-corrected chi connectivity index (χ0v) is 11.0. The highest BCUT2D eigenvalue weighted by Crippen LogP contribution is 2.03. The smallest absolute Gasteiger partial charge is 0.221 e. The number of ether oxygens (including phenoxy) is 1. The van der Waals surface area contributed by atoms with E-state index in [1.54, 1.807) is 0 Å². The summed E-state index contributed by atoms with van der Waals surface area (Å²) in [5.74, 6) is 0.390. The summed E-state index contributed by atoms with van der Waals surface area (Å²) in [7, 11) is 0. The lowest BCUT2D eigenvalue weighted by molar-refractivity contribution is -0.123. The zero-order chi connectivity index (χ0) is 12.6. The number of carbonyl (C=O) groups excluding carboxylic acids is 1. The molecule has 0 aromatic rings. The number of nitrogens with one attached hydrogen (secondary N) is 1. The van der Waals surface area contributed by atoms with Gasteiger partial charge in [0.1, 0.15) is 0 Å². The predicted molar refractivity (Wildman–Crippen MR) is 66.1 cm³/mol. The van der Waals surface area contributed by atoms with E-state index < -0.39 is 0 Å². The van der Waals surface area contributed by atoms with Crippen LogP contribution < -0.4 is 11.1 Å². The fourth-order valence-electron chi connectivity index (χ4n) is 1.29. The van der Waals surface area contributed by atoms with Crippen molar-refractivity contribution in [1.29, 1.82) is 0 Å². The van der Waals surface area contributed by atoms with Crippen molar-refractivity contribution in [2.75, 3.05) is 13.2 Å². The third-order valence-electron chi connectivity index (χ3n) is 2.62. The number of carbonyl (C=O) groups is 1. The van der Waals surface area contributed by atoms with Gasteiger partial charge in [-0.05, 0) is 19.3 Å². The summed E-state index contributed by atoms with van der Waals surface area (Å²) in [6.45, 7) is 9.33. The molecule has 3 N–H and O–H groups in total. The van der Waals surface area contributed by atoms with Gasteiger partial charge in [-0.3, -0.25) is 4.79 Å². The van der Waals surface area contributed by atoms with Crippen molar-refractivity contribution in [1.82, 2.24) is 5.32 Å². The Morgan fingerprint density at radius 3 is 2.44 bits per heavy atom. The minimum Gasteiger partial charge on any atom is -0.380 e. The van der Waals surface area contributed by atoms with Crippen LogP contribution in [0.1, 0.15) is 40.5 Å². The molecule has 0 spiro atoms. The zero-order valence-electron chi connectivity index (χ0n) is 11.0. The monoisotopic (exact) mass is 230 g/mol. The molecule has 0 aliphatic rings. The quantitative estimate of drug-likeness (QED) is 0.660. The molecule has 0 aromatic heterocycles. The van der Waals surface area contributed by atoms with Crippen molar-refractivity contribution in [3.63, 3.8) is 0 Å². The van der Waals surface area contributed by atoms with Crippen molar-refractivity contribution < 1.29 is 9.53 Å². The first-order valence-electron chi connectivity index (χ1n) is 6.13. The largest absolute Gasteiger partial charge is 0.380 e. The van der Waals surface area contributed by atoms with E-state index in [-0.39, 0.29) is 18.0 Å². The van der Waals surface area contributed by atoms with E-state index in [1.807, 2.05) is 13.8 Å². The Morgan fingerprint density at radius 2 is 2.00 bits per heavy atom. The Labute approximate surface area is 98.9 Å². The minimum atomic E-state index is -0.0418. The number of rotatable bonds is 8. The van der Waals surface area contributed by atoms with E-state index in [2.05, 4.69) is 19.2 Å². The van der Waals surface area contributed by atoms with Crippen LogP contribution >= 0.6 is 0 Å². The first-order chi connectivity index (χ1) is 7.51. The molecular formula is C12H26N2O2. The molecule has 0 aromatic carbocycles. The van der Waals surface area contributed by atoms with Crippen LogP contribution in [0.25, 0.3) is 0 Å². The van der Waals surface area contributed by atoms with Crippen LogP contribution in [-0.4, -0.2) is 31.2 Å². The third kappa shape index (κ3) is 6.80. The van der Waals surface area contributed by atoms with E-state index in [0.29, 0.717) is 25.6 Å². The second kappa shape index (κ2) is 8.53. The maximum atomic E-state index is 11.6. The Hall–Kier alpha value is -0.610. The minimum absolute atomic E-state index is 0.0211. The molecule has 4 heteroatoms. The molecule has 0 bridgehead atoms. The van der Waals surface area contributed by atoms with Crippen LogP contribution in [0.3, 0.4) is 0 Å². The lowest BCUT2D eigenvalue weighted by Gasteiger charge is -2.22. The van der Waals surface area contributed by atoms with E-state index in [9.17, 15) is 4.79 Å². The molecule has 0 rings (SSSR count). The Balaban J connectivity index is 4.02. The number of hydrogen-bond acceptors (Lipinski definition) is 3. The van der Waals surface area contributed by atoms with E-state index in [1.165, 1.54) is 0 Å². The average Bonchev–Trinajstić information content (AvgIpc) is 2.23. The van der Waals surface area contributed by atoms with E-state index in [0.717, 1.165) is 6.42 Å². The van der Waals surface area contributed by atoms with Crippen LogP contribution in [-0.2, 0) is 9.53 Å². The van der Waals surface area contributed by atoms with Gasteiger partial charge in [0.15, 0.2) is 0 Å². The van der Waals surface area contributed by atoms with Gasteiger partial charge in [-0.1, -0.05) is 20.8 Å². The van der Waals surface area contributed by atoms with Crippen molar-refractivity contribution in [3.05, 3.63) is 0 Å². The fraction of sp³-hybridized carbons (Fsp3) is 0.917. The highest BCUT2D eigenvalue weighted by molar-refractivity contribution is 5.76. The SMILES string of the molecule is CCOCC(NC(=O)CC(N)CC)C(C)C. The van der Waals surface area contributed by atoms with Crippen LogP contribution in [0.2, 0.25) is 0 Å². The molecule has 0 saturated carbocycles. The molecule has 96 valence electrons. The molecule has 16 heavy (non-hydrogen) atoms. The van der Waals surface area contributed by atoms with Crippen molar-refractivity contribution in [2.45, 2.75) is 52.6 Å². The van der Waals surface area contributed by atoms with Crippen molar-refractivity contribution in [3.8, 4) is 0 Å². The molecule has 0 saturated heterocycles.